The third-order valence-electron chi connectivity index (χ3n) is 5.59. The summed E-state index contributed by atoms with van der Waals surface area (Å²) >= 11 is 0. The summed E-state index contributed by atoms with van der Waals surface area (Å²) in [6.07, 6.45) is 4.57. The summed E-state index contributed by atoms with van der Waals surface area (Å²) < 4.78 is 0. The maximum Gasteiger partial charge on any atom is 0.00869 e. The van der Waals surface area contributed by atoms with Crippen molar-refractivity contribution in [2.45, 2.75) is 47.5 Å². The summed E-state index contributed by atoms with van der Waals surface area (Å²) in [6, 6.07) is 11.2. The van der Waals surface area contributed by atoms with Gasteiger partial charge in [-0.25, -0.2) is 0 Å². The van der Waals surface area contributed by atoms with Crippen LogP contribution in [0.25, 0.3) is 16.4 Å². The molecule has 1 aliphatic heterocycles. The van der Waals surface area contributed by atoms with Gasteiger partial charge in [0.05, 0.1) is 0 Å². The smallest absolute Gasteiger partial charge is 0.00869 e. The molecule has 1 atom stereocenters. The van der Waals surface area contributed by atoms with Gasteiger partial charge >= 0.3 is 0 Å². The quantitative estimate of drug-likeness (QED) is 0.508. The van der Waals surface area contributed by atoms with Crippen LogP contribution in [0, 0.1) is 20.8 Å². The first kappa shape index (κ1) is 16.9. The highest BCUT2D eigenvalue weighted by atomic mass is 14.9. The van der Waals surface area contributed by atoms with Crippen LogP contribution < -0.4 is 0 Å². The van der Waals surface area contributed by atoms with Gasteiger partial charge in [-0.3, -0.25) is 0 Å². The van der Waals surface area contributed by atoms with Gasteiger partial charge in [0.25, 0.3) is 0 Å². The van der Waals surface area contributed by atoms with Crippen molar-refractivity contribution in [3.8, 4) is 11.1 Å². The van der Waals surface area contributed by atoms with E-state index >= 15 is 0 Å². The number of hydrogen-bond acceptors (Lipinski definition) is 0. The van der Waals surface area contributed by atoms with Gasteiger partial charge in [0.1, 0.15) is 0 Å². The first-order valence-corrected chi connectivity index (χ1v) is 9.37. The lowest BCUT2D eigenvalue weighted by Crippen LogP contribution is -1.98. The lowest BCUT2D eigenvalue weighted by molar-refractivity contribution is 0.969. The predicted molar refractivity (Wildman–Crippen MR) is 112 cm³/mol. The van der Waals surface area contributed by atoms with Crippen molar-refractivity contribution >= 4 is 5.69 Å². The van der Waals surface area contributed by atoms with Crippen LogP contribution >= 0.6 is 0 Å². The van der Waals surface area contributed by atoms with Crippen molar-refractivity contribution in [1.29, 1.82) is 0 Å². The Hall–Kier alpha value is -2.54. The number of rotatable bonds is 1. The molecule has 1 heteroatoms. The van der Waals surface area contributed by atoms with Gasteiger partial charge in [-0.15, -0.1) is 11.4 Å². The fourth-order valence-electron chi connectivity index (χ4n) is 4.73. The number of hydrogen-bond donors (Lipinski definition) is 0. The molecule has 0 saturated carbocycles. The molecule has 0 amide bonds. The molecule has 1 heterocycles. The molecule has 1 nitrogen and oxygen atoms in total. The highest BCUT2D eigenvalue weighted by Gasteiger charge is 2.25. The number of fused-ring (bicyclic) bond motifs is 3. The summed E-state index contributed by atoms with van der Waals surface area (Å²) in [5.74, 6) is 0.282. The fourth-order valence-corrected chi connectivity index (χ4v) is 4.73. The van der Waals surface area contributed by atoms with Crippen LogP contribution in [0.4, 0.5) is 5.69 Å². The second-order valence-electron chi connectivity index (χ2n) is 7.91. The number of aryl methyl sites for hydroxylation is 3. The SMILES string of the molecule is CC1=CC(C)=C2[N-]c3c(-c4c(C)cc(C)cc4C)cccc3C2C(C)=C1. The average molecular weight is 340 g/mol. The molecule has 4 rings (SSSR count). The molecule has 2 aromatic rings. The van der Waals surface area contributed by atoms with Crippen molar-refractivity contribution in [2.75, 3.05) is 0 Å². The molecule has 26 heavy (non-hydrogen) atoms. The van der Waals surface area contributed by atoms with Crippen LogP contribution in [-0.4, -0.2) is 0 Å². The van der Waals surface area contributed by atoms with Crippen LogP contribution in [0.3, 0.4) is 0 Å². The second-order valence-corrected chi connectivity index (χ2v) is 7.91. The minimum Gasteiger partial charge on any atom is -0.660 e. The molecule has 0 spiro atoms. The van der Waals surface area contributed by atoms with Crippen LogP contribution in [0.5, 0.6) is 0 Å². The molecule has 0 saturated heterocycles. The summed E-state index contributed by atoms with van der Waals surface area (Å²) in [5, 5.41) is 5.17. The van der Waals surface area contributed by atoms with Gasteiger partial charge in [-0.1, -0.05) is 70.3 Å². The van der Waals surface area contributed by atoms with Crippen LogP contribution in [-0.2, 0) is 0 Å². The first-order valence-electron chi connectivity index (χ1n) is 9.37. The third kappa shape index (κ3) is 2.54. The minimum absolute atomic E-state index is 0.282. The Morgan fingerprint density at radius 2 is 1.54 bits per heavy atom. The number of para-hydroxylation sites is 1. The second kappa shape index (κ2) is 6.02. The number of nitrogens with zero attached hydrogens (tertiary/aromatic N) is 1. The maximum absolute atomic E-state index is 5.17. The Balaban J connectivity index is 1.96. The van der Waals surface area contributed by atoms with Crippen molar-refractivity contribution in [3.63, 3.8) is 0 Å². The summed E-state index contributed by atoms with van der Waals surface area (Å²) in [7, 11) is 0. The Morgan fingerprint density at radius 1 is 0.846 bits per heavy atom. The maximum atomic E-state index is 5.17. The molecule has 1 unspecified atom stereocenters. The first-order chi connectivity index (χ1) is 12.4. The minimum atomic E-state index is 0.282. The fraction of sp³-hybridized carbons (Fsp3) is 0.280. The zero-order valence-electron chi connectivity index (χ0n) is 16.6. The average Bonchev–Trinajstić information content (AvgIpc) is 2.89. The van der Waals surface area contributed by atoms with Crippen LogP contribution in [0.2, 0.25) is 0 Å². The number of allylic oxidation sites excluding steroid dienone is 5. The molecular formula is C25H26N-. The molecule has 0 aromatic heterocycles. The Bertz CT molecular complexity index is 991. The molecule has 1 aliphatic carbocycles. The zero-order chi connectivity index (χ0) is 18.6. The molecule has 0 fully saturated rings. The summed E-state index contributed by atoms with van der Waals surface area (Å²) in [5.41, 5.74) is 14.2. The highest BCUT2D eigenvalue weighted by molar-refractivity contribution is 5.91. The molecule has 132 valence electrons. The van der Waals surface area contributed by atoms with Crippen molar-refractivity contribution in [3.05, 3.63) is 92.5 Å². The molecule has 2 aromatic carbocycles. The van der Waals surface area contributed by atoms with Gasteiger partial charge < -0.3 is 5.32 Å². The van der Waals surface area contributed by atoms with E-state index in [1.54, 1.807) is 0 Å². The van der Waals surface area contributed by atoms with E-state index in [9.17, 15) is 0 Å². The van der Waals surface area contributed by atoms with E-state index in [4.69, 9.17) is 5.32 Å². The monoisotopic (exact) mass is 340 g/mol. The van der Waals surface area contributed by atoms with Gasteiger partial charge in [0.2, 0.25) is 0 Å². The molecule has 2 aliphatic rings. The molecule has 0 radical (unpaired) electrons. The third-order valence-corrected chi connectivity index (χ3v) is 5.59. The van der Waals surface area contributed by atoms with Gasteiger partial charge in [-0.2, -0.15) is 0 Å². The van der Waals surface area contributed by atoms with E-state index < -0.39 is 0 Å². The highest BCUT2D eigenvalue weighted by Crippen LogP contribution is 2.56. The van der Waals surface area contributed by atoms with Gasteiger partial charge in [0, 0.05) is 5.92 Å². The molecule has 0 N–H and O–H groups in total. The van der Waals surface area contributed by atoms with E-state index in [0.717, 1.165) is 5.69 Å². The van der Waals surface area contributed by atoms with Crippen molar-refractivity contribution in [1.82, 2.24) is 0 Å². The topological polar surface area (TPSA) is 14.1 Å². The Morgan fingerprint density at radius 3 is 2.23 bits per heavy atom. The molecule has 0 bridgehead atoms. The Kier molecular flexibility index (Phi) is 3.91. The normalized spacial score (nSPS) is 18.6. The van der Waals surface area contributed by atoms with Crippen molar-refractivity contribution < 1.29 is 0 Å². The lowest BCUT2D eigenvalue weighted by Gasteiger charge is -2.25. The lowest BCUT2D eigenvalue weighted by atomic mass is 9.87. The largest absolute Gasteiger partial charge is 0.660 e. The van der Waals surface area contributed by atoms with Gasteiger partial charge in [-0.05, 0) is 63.8 Å². The van der Waals surface area contributed by atoms with Gasteiger partial charge in [0.15, 0.2) is 0 Å². The van der Waals surface area contributed by atoms with E-state index in [2.05, 4.69) is 84.0 Å². The van der Waals surface area contributed by atoms with Crippen LogP contribution in [0.1, 0.15) is 48.9 Å². The van der Waals surface area contributed by atoms with E-state index in [1.165, 1.54) is 55.8 Å². The van der Waals surface area contributed by atoms with E-state index in [-0.39, 0.29) is 5.92 Å². The summed E-state index contributed by atoms with van der Waals surface area (Å²) in [6.45, 7) is 13.2. The number of benzene rings is 2. The molecular weight excluding hydrogens is 314 g/mol. The van der Waals surface area contributed by atoms with E-state index in [1.807, 2.05) is 0 Å². The van der Waals surface area contributed by atoms with Crippen molar-refractivity contribution in [2.24, 2.45) is 0 Å². The zero-order valence-corrected chi connectivity index (χ0v) is 16.6. The predicted octanol–water partition coefficient (Wildman–Crippen LogP) is 7.56. The standard InChI is InChI=1S/C25H26N/c1-14-10-16(3)22(17(4)11-14)20-8-7-9-21-23-18(5)12-15(2)13-19(6)24(23)26-25(20)21/h7-13,23H,1-6H3/q-1. The summed E-state index contributed by atoms with van der Waals surface area (Å²) in [4.78, 5) is 0. The Labute approximate surface area is 157 Å². The van der Waals surface area contributed by atoms with E-state index in [0.29, 0.717) is 0 Å². The van der Waals surface area contributed by atoms with Crippen LogP contribution in [0.15, 0.2) is 64.9 Å².